The summed E-state index contributed by atoms with van der Waals surface area (Å²) in [5.41, 5.74) is 0.0759. The number of nitrogens with zero attached hydrogens (tertiary/aromatic N) is 1. The quantitative estimate of drug-likeness (QED) is 0.867. The first-order valence-electron chi connectivity index (χ1n) is 6.76. The van der Waals surface area contributed by atoms with Crippen LogP contribution in [0.4, 0.5) is 18.9 Å². The van der Waals surface area contributed by atoms with Crippen molar-refractivity contribution >= 4 is 21.6 Å². The van der Waals surface area contributed by atoms with Gasteiger partial charge in [-0.3, -0.25) is 4.90 Å². The first-order valence-corrected chi connectivity index (χ1v) is 7.55. The zero-order chi connectivity index (χ0) is 14.8. The molecule has 1 fully saturated rings. The van der Waals surface area contributed by atoms with Gasteiger partial charge in [0.1, 0.15) is 0 Å². The second-order valence-electron chi connectivity index (χ2n) is 5.00. The minimum Gasteiger partial charge on any atom is -0.383 e. The monoisotopic (exact) mass is 350 g/mol. The number of benzene rings is 1. The minimum atomic E-state index is -4.30. The van der Waals surface area contributed by atoms with Gasteiger partial charge < -0.3 is 5.32 Å². The summed E-state index contributed by atoms with van der Waals surface area (Å²) in [7, 11) is 0. The Morgan fingerprint density at radius 2 is 2.15 bits per heavy atom. The maximum absolute atomic E-state index is 12.6. The molecule has 1 atom stereocenters. The maximum atomic E-state index is 12.6. The zero-order valence-electron chi connectivity index (χ0n) is 11.3. The average molecular weight is 351 g/mol. The molecule has 0 spiro atoms. The fraction of sp³-hybridized carbons (Fsp3) is 0.571. The van der Waals surface area contributed by atoms with Crippen molar-refractivity contribution in [3.05, 3.63) is 28.2 Å². The van der Waals surface area contributed by atoms with Crippen LogP contribution < -0.4 is 5.32 Å². The van der Waals surface area contributed by atoms with E-state index in [0.717, 1.165) is 38.2 Å². The molecule has 1 saturated heterocycles. The Hall–Kier alpha value is -0.750. The van der Waals surface area contributed by atoms with Crippen molar-refractivity contribution in [3.63, 3.8) is 0 Å². The topological polar surface area (TPSA) is 15.3 Å². The third-order valence-electron chi connectivity index (χ3n) is 3.73. The summed E-state index contributed by atoms with van der Waals surface area (Å²) in [5.74, 6) is 0. The summed E-state index contributed by atoms with van der Waals surface area (Å²) in [6, 6.07) is 4.18. The van der Waals surface area contributed by atoms with Gasteiger partial charge in [0.2, 0.25) is 0 Å². The fourth-order valence-corrected chi connectivity index (χ4v) is 3.12. The Bertz CT molecular complexity index is 462. The number of hydrogen-bond donors (Lipinski definition) is 1. The molecule has 0 aliphatic carbocycles. The van der Waals surface area contributed by atoms with E-state index in [1.165, 1.54) is 12.5 Å². The number of rotatable bonds is 4. The Kier molecular flexibility index (Phi) is 4.96. The molecule has 0 saturated carbocycles. The molecule has 0 aromatic heterocycles. The lowest BCUT2D eigenvalue weighted by atomic mass is 10.2. The minimum absolute atomic E-state index is 0.452. The van der Waals surface area contributed by atoms with Gasteiger partial charge >= 0.3 is 6.18 Å². The normalized spacial score (nSPS) is 20.4. The molecule has 20 heavy (non-hydrogen) atoms. The van der Waals surface area contributed by atoms with Crippen LogP contribution in [0.2, 0.25) is 0 Å². The van der Waals surface area contributed by atoms with E-state index in [1.807, 2.05) is 0 Å². The van der Waals surface area contributed by atoms with Crippen LogP contribution in [-0.2, 0) is 6.18 Å². The zero-order valence-corrected chi connectivity index (χ0v) is 12.9. The fourth-order valence-electron chi connectivity index (χ4n) is 2.61. The van der Waals surface area contributed by atoms with Gasteiger partial charge in [-0.25, -0.2) is 0 Å². The van der Waals surface area contributed by atoms with Crippen molar-refractivity contribution in [2.45, 2.75) is 32.0 Å². The second-order valence-corrected chi connectivity index (χ2v) is 5.85. The number of halogens is 4. The molecular weight excluding hydrogens is 333 g/mol. The van der Waals surface area contributed by atoms with Gasteiger partial charge in [-0.1, -0.05) is 6.92 Å². The third kappa shape index (κ3) is 3.67. The Morgan fingerprint density at radius 3 is 2.75 bits per heavy atom. The number of likely N-dealkylation sites (N-methyl/N-ethyl adjacent to an activating group) is 1. The average Bonchev–Trinajstić information content (AvgIpc) is 2.83. The van der Waals surface area contributed by atoms with Crippen LogP contribution in [0.5, 0.6) is 0 Å². The maximum Gasteiger partial charge on any atom is 0.416 e. The highest BCUT2D eigenvalue weighted by Gasteiger charge is 2.31. The molecule has 1 aromatic carbocycles. The summed E-state index contributed by atoms with van der Waals surface area (Å²) in [6.07, 6.45) is -1.97. The van der Waals surface area contributed by atoms with Crippen LogP contribution in [-0.4, -0.2) is 30.6 Å². The molecule has 2 nitrogen and oxygen atoms in total. The van der Waals surface area contributed by atoms with Crippen molar-refractivity contribution in [1.29, 1.82) is 0 Å². The van der Waals surface area contributed by atoms with Crippen LogP contribution in [0.15, 0.2) is 22.7 Å². The van der Waals surface area contributed by atoms with Crippen molar-refractivity contribution in [2.75, 3.05) is 25.0 Å². The highest BCUT2D eigenvalue weighted by molar-refractivity contribution is 9.10. The summed E-state index contributed by atoms with van der Waals surface area (Å²) < 4.78 is 38.2. The van der Waals surface area contributed by atoms with E-state index in [0.29, 0.717) is 16.2 Å². The van der Waals surface area contributed by atoms with Crippen molar-refractivity contribution < 1.29 is 13.2 Å². The van der Waals surface area contributed by atoms with Gasteiger partial charge in [0, 0.05) is 22.7 Å². The lowest BCUT2D eigenvalue weighted by Gasteiger charge is -2.23. The molecule has 2 rings (SSSR count). The van der Waals surface area contributed by atoms with Gasteiger partial charge in [0.25, 0.3) is 0 Å². The van der Waals surface area contributed by atoms with E-state index >= 15 is 0 Å². The van der Waals surface area contributed by atoms with Crippen molar-refractivity contribution in [3.8, 4) is 0 Å². The number of nitrogens with one attached hydrogen (secondary N) is 1. The van der Waals surface area contributed by atoms with E-state index in [-0.39, 0.29) is 0 Å². The molecule has 112 valence electrons. The molecule has 0 radical (unpaired) electrons. The first kappa shape index (κ1) is 15.6. The molecule has 1 aliphatic heterocycles. The molecule has 1 N–H and O–H groups in total. The summed E-state index contributed by atoms with van der Waals surface area (Å²) in [6.45, 7) is 5.02. The van der Waals surface area contributed by atoms with Crippen molar-refractivity contribution in [2.24, 2.45) is 0 Å². The SMILES string of the molecule is CCN1CCCC1CNc1ccc(C(F)(F)F)cc1Br. The van der Waals surface area contributed by atoms with Gasteiger partial charge in [0.05, 0.1) is 5.56 Å². The van der Waals surface area contributed by atoms with Gasteiger partial charge in [-0.2, -0.15) is 13.2 Å². The molecule has 1 aromatic rings. The van der Waals surface area contributed by atoms with E-state index < -0.39 is 11.7 Å². The van der Waals surface area contributed by atoms with Crippen LogP contribution in [0.3, 0.4) is 0 Å². The number of likely N-dealkylation sites (tertiary alicyclic amines) is 1. The van der Waals surface area contributed by atoms with Crippen LogP contribution in [0.1, 0.15) is 25.3 Å². The third-order valence-corrected chi connectivity index (χ3v) is 4.39. The standard InChI is InChI=1S/C14H18BrF3N2/c1-2-20-7-3-4-11(20)9-19-13-6-5-10(8-12(13)15)14(16,17)18/h5-6,8,11,19H,2-4,7,9H2,1H3. The van der Waals surface area contributed by atoms with E-state index in [4.69, 9.17) is 0 Å². The van der Waals surface area contributed by atoms with E-state index in [2.05, 4.69) is 33.1 Å². The lowest BCUT2D eigenvalue weighted by Crippen LogP contribution is -2.34. The molecule has 0 amide bonds. The molecule has 1 aliphatic rings. The van der Waals surface area contributed by atoms with Crippen molar-refractivity contribution in [1.82, 2.24) is 4.90 Å². The van der Waals surface area contributed by atoms with Gasteiger partial charge in [-0.05, 0) is 60.1 Å². The van der Waals surface area contributed by atoms with Gasteiger partial charge in [-0.15, -0.1) is 0 Å². The predicted octanol–water partition coefficient (Wildman–Crippen LogP) is 4.36. The van der Waals surface area contributed by atoms with Crippen LogP contribution in [0, 0.1) is 0 Å². The van der Waals surface area contributed by atoms with Gasteiger partial charge in [0.15, 0.2) is 0 Å². The largest absolute Gasteiger partial charge is 0.416 e. The smallest absolute Gasteiger partial charge is 0.383 e. The number of alkyl halides is 3. The molecule has 1 unspecified atom stereocenters. The highest BCUT2D eigenvalue weighted by Crippen LogP contribution is 2.34. The van der Waals surface area contributed by atoms with E-state index in [1.54, 1.807) is 0 Å². The van der Waals surface area contributed by atoms with Crippen LogP contribution >= 0.6 is 15.9 Å². The number of hydrogen-bond acceptors (Lipinski definition) is 2. The number of anilines is 1. The summed E-state index contributed by atoms with van der Waals surface area (Å²) in [5, 5.41) is 3.24. The molecule has 0 bridgehead atoms. The molecule has 6 heteroatoms. The first-order chi connectivity index (χ1) is 9.41. The Morgan fingerprint density at radius 1 is 1.40 bits per heavy atom. The Labute approximate surface area is 125 Å². The summed E-state index contributed by atoms with van der Waals surface area (Å²) >= 11 is 3.21. The highest BCUT2D eigenvalue weighted by atomic mass is 79.9. The summed E-state index contributed by atoms with van der Waals surface area (Å²) in [4.78, 5) is 2.39. The van der Waals surface area contributed by atoms with Crippen LogP contribution in [0.25, 0.3) is 0 Å². The Balaban J connectivity index is 2.00. The lowest BCUT2D eigenvalue weighted by molar-refractivity contribution is -0.137. The second kappa shape index (κ2) is 6.35. The molecule has 1 heterocycles. The van der Waals surface area contributed by atoms with E-state index in [9.17, 15) is 13.2 Å². The predicted molar refractivity (Wildman–Crippen MR) is 77.9 cm³/mol. The molecular formula is C14H18BrF3N2.